The number of aromatic amines is 1. The Morgan fingerprint density at radius 3 is 2.52 bits per heavy atom. The van der Waals surface area contributed by atoms with Crippen molar-refractivity contribution in [2.45, 2.75) is 6.92 Å². The van der Waals surface area contributed by atoms with Gasteiger partial charge in [-0.1, -0.05) is 0 Å². The number of ether oxygens (including phenoxy) is 1. The molecule has 1 aliphatic rings. The van der Waals surface area contributed by atoms with Gasteiger partial charge in [-0.25, -0.2) is 4.79 Å². The van der Waals surface area contributed by atoms with Gasteiger partial charge in [0.05, 0.1) is 11.4 Å². The number of aromatic nitrogens is 2. The summed E-state index contributed by atoms with van der Waals surface area (Å²) in [4.78, 5) is 32.9. The van der Waals surface area contributed by atoms with Crippen molar-refractivity contribution in [3.8, 4) is 34.0 Å². The topological polar surface area (TPSA) is 108 Å². The molecule has 3 aromatic rings. The van der Waals surface area contributed by atoms with Crippen molar-refractivity contribution in [1.82, 2.24) is 20.2 Å². The number of nitrogens with one attached hydrogen (secondary N) is 2. The average Bonchev–Trinajstić information content (AvgIpc) is 2.80. The zero-order valence-corrected chi connectivity index (χ0v) is 17.2. The van der Waals surface area contributed by atoms with Crippen molar-refractivity contribution in [1.29, 1.82) is 0 Å². The maximum absolute atomic E-state index is 12.2. The third-order valence-electron chi connectivity index (χ3n) is 5.23. The quantitative estimate of drug-likeness (QED) is 0.582. The van der Waals surface area contributed by atoms with E-state index in [1.807, 2.05) is 12.1 Å². The number of phenolic OH excluding ortho intramolecular Hbond substituents is 1. The van der Waals surface area contributed by atoms with E-state index in [-0.39, 0.29) is 18.3 Å². The smallest absolute Gasteiger partial charge is 0.345 e. The minimum absolute atomic E-state index is 0.00418. The number of benzene rings is 2. The first-order valence-electron chi connectivity index (χ1n) is 10.1. The predicted octanol–water partition coefficient (Wildman–Crippen LogP) is 1.93. The van der Waals surface area contributed by atoms with Crippen LogP contribution in [0.15, 0.2) is 53.3 Å². The van der Waals surface area contributed by atoms with E-state index in [1.54, 1.807) is 48.2 Å². The highest BCUT2D eigenvalue weighted by Crippen LogP contribution is 2.26. The van der Waals surface area contributed by atoms with Crippen molar-refractivity contribution in [2.24, 2.45) is 0 Å². The minimum atomic E-state index is -0.458. The Labute approximate surface area is 179 Å². The molecule has 1 amide bonds. The van der Waals surface area contributed by atoms with Crippen LogP contribution in [0.25, 0.3) is 22.5 Å². The van der Waals surface area contributed by atoms with Crippen LogP contribution in [0.1, 0.15) is 5.56 Å². The van der Waals surface area contributed by atoms with Crippen LogP contribution in [0.5, 0.6) is 11.5 Å². The second-order valence-corrected chi connectivity index (χ2v) is 7.43. The standard InChI is InChI=1S/C23H24N4O4/c1-15-12-17(4-7-21(15)28)20-13-19(25-23(30)26-20)16-2-5-18(6-3-16)31-14-22(29)27-10-8-24-9-11-27/h2-7,12-13,24,28H,8-11,14H2,1H3,(H,25,26,30). The number of nitrogens with zero attached hydrogens (tertiary/aromatic N) is 2. The molecule has 2 aromatic carbocycles. The van der Waals surface area contributed by atoms with Gasteiger partial charge in [-0.2, -0.15) is 4.98 Å². The number of aryl methyl sites for hydroxylation is 1. The lowest BCUT2D eigenvalue weighted by Gasteiger charge is -2.27. The third kappa shape index (κ3) is 4.92. The van der Waals surface area contributed by atoms with Gasteiger partial charge in [-0.15, -0.1) is 0 Å². The minimum Gasteiger partial charge on any atom is -0.508 e. The van der Waals surface area contributed by atoms with Gasteiger partial charge in [-0.05, 0) is 66.6 Å². The molecule has 8 nitrogen and oxygen atoms in total. The number of carbonyl (C=O) groups is 1. The van der Waals surface area contributed by atoms with Gasteiger partial charge in [0.25, 0.3) is 5.91 Å². The molecule has 0 radical (unpaired) electrons. The van der Waals surface area contributed by atoms with Crippen LogP contribution in [0.2, 0.25) is 0 Å². The van der Waals surface area contributed by atoms with Crippen molar-refractivity contribution in [3.63, 3.8) is 0 Å². The number of rotatable bonds is 5. The molecule has 2 heterocycles. The summed E-state index contributed by atoms with van der Waals surface area (Å²) in [6.07, 6.45) is 0. The summed E-state index contributed by atoms with van der Waals surface area (Å²) in [5.41, 5.74) is 2.91. The molecule has 31 heavy (non-hydrogen) atoms. The number of hydrogen-bond donors (Lipinski definition) is 3. The summed E-state index contributed by atoms with van der Waals surface area (Å²) in [7, 11) is 0. The van der Waals surface area contributed by atoms with Crippen molar-refractivity contribution >= 4 is 5.91 Å². The Morgan fingerprint density at radius 1 is 1.10 bits per heavy atom. The number of H-pyrrole nitrogens is 1. The molecule has 0 bridgehead atoms. The van der Waals surface area contributed by atoms with E-state index in [9.17, 15) is 14.7 Å². The van der Waals surface area contributed by atoms with E-state index in [0.29, 0.717) is 35.8 Å². The van der Waals surface area contributed by atoms with E-state index >= 15 is 0 Å². The zero-order valence-electron chi connectivity index (χ0n) is 17.2. The van der Waals surface area contributed by atoms with Gasteiger partial charge in [0.2, 0.25) is 0 Å². The zero-order chi connectivity index (χ0) is 21.8. The number of amides is 1. The number of piperazine rings is 1. The second-order valence-electron chi connectivity index (χ2n) is 7.43. The van der Waals surface area contributed by atoms with E-state index in [0.717, 1.165) is 24.2 Å². The van der Waals surface area contributed by atoms with E-state index in [2.05, 4.69) is 15.3 Å². The molecule has 4 rings (SSSR count). The van der Waals surface area contributed by atoms with Crippen LogP contribution < -0.4 is 15.7 Å². The fourth-order valence-electron chi connectivity index (χ4n) is 3.46. The van der Waals surface area contributed by atoms with Crippen LogP contribution >= 0.6 is 0 Å². The van der Waals surface area contributed by atoms with Gasteiger partial charge < -0.3 is 25.0 Å². The highest BCUT2D eigenvalue weighted by atomic mass is 16.5. The lowest BCUT2D eigenvalue weighted by atomic mass is 10.1. The Balaban J connectivity index is 1.48. The van der Waals surface area contributed by atoms with Crippen LogP contribution in [0.3, 0.4) is 0 Å². The molecule has 3 N–H and O–H groups in total. The Bertz CT molecular complexity index is 1140. The third-order valence-corrected chi connectivity index (χ3v) is 5.23. The van der Waals surface area contributed by atoms with Gasteiger partial charge in [0, 0.05) is 31.7 Å². The monoisotopic (exact) mass is 420 g/mol. The molecule has 160 valence electrons. The molecule has 8 heteroatoms. The summed E-state index contributed by atoms with van der Waals surface area (Å²) in [5, 5.41) is 12.9. The summed E-state index contributed by atoms with van der Waals surface area (Å²) in [6.45, 7) is 4.78. The number of phenols is 1. The first kappa shape index (κ1) is 20.6. The highest BCUT2D eigenvalue weighted by Gasteiger charge is 2.16. The molecule has 1 aliphatic heterocycles. The van der Waals surface area contributed by atoms with Gasteiger partial charge in [-0.3, -0.25) is 4.79 Å². The SMILES string of the molecule is Cc1cc(-c2cc(-c3ccc(OCC(=O)N4CCNCC4)cc3)[nH]c(=O)n2)ccc1O. The number of hydrogen-bond acceptors (Lipinski definition) is 6. The van der Waals surface area contributed by atoms with E-state index in [4.69, 9.17) is 4.74 Å². The van der Waals surface area contributed by atoms with Crippen LogP contribution in [0, 0.1) is 6.92 Å². The molecular weight excluding hydrogens is 396 g/mol. The Kier molecular flexibility index (Phi) is 5.99. The molecule has 0 spiro atoms. The van der Waals surface area contributed by atoms with E-state index < -0.39 is 5.69 Å². The van der Waals surface area contributed by atoms with E-state index in [1.165, 1.54) is 0 Å². The summed E-state index contributed by atoms with van der Waals surface area (Å²) < 4.78 is 5.63. The lowest BCUT2D eigenvalue weighted by molar-refractivity contribution is -0.133. The average molecular weight is 420 g/mol. The highest BCUT2D eigenvalue weighted by molar-refractivity contribution is 5.78. The van der Waals surface area contributed by atoms with Crippen molar-refractivity contribution in [2.75, 3.05) is 32.8 Å². The maximum Gasteiger partial charge on any atom is 0.345 e. The fraction of sp³-hybridized carbons (Fsp3) is 0.261. The van der Waals surface area contributed by atoms with Crippen molar-refractivity contribution < 1.29 is 14.6 Å². The van der Waals surface area contributed by atoms with Crippen LogP contribution in [0.4, 0.5) is 0 Å². The molecule has 1 saturated heterocycles. The predicted molar refractivity (Wildman–Crippen MR) is 117 cm³/mol. The van der Waals surface area contributed by atoms with Gasteiger partial charge >= 0.3 is 5.69 Å². The Hall–Kier alpha value is -3.65. The summed E-state index contributed by atoms with van der Waals surface area (Å²) >= 11 is 0. The maximum atomic E-state index is 12.2. The Morgan fingerprint density at radius 2 is 1.81 bits per heavy atom. The van der Waals surface area contributed by atoms with Crippen molar-refractivity contribution in [3.05, 3.63) is 64.6 Å². The molecule has 0 aliphatic carbocycles. The molecule has 1 aromatic heterocycles. The fourth-order valence-corrected chi connectivity index (χ4v) is 3.46. The largest absolute Gasteiger partial charge is 0.508 e. The molecular formula is C23H24N4O4. The molecule has 0 unspecified atom stereocenters. The lowest BCUT2D eigenvalue weighted by Crippen LogP contribution is -2.47. The summed E-state index contributed by atoms with van der Waals surface area (Å²) in [5.74, 6) is 0.746. The first-order valence-corrected chi connectivity index (χ1v) is 10.1. The van der Waals surface area contributed by atoms with Crippen LogP contribution in [-0.2, 0) is 4.79 Å². The summed E-state index contributed by atoms with van der Waals surface area (Å²) in [6, 6.07) is 14.1. The second kappa shape index (κ2) is 9.01. The normalized spacial score (nSPS) is 13.8. The molecule has 0 saturated carbocycles. The first-order chi connectivity index (χ1) is 15.0. The van der Waals surface area contributed by atoms with Gasteiger partial charge in [0.1, 0.15) is 11.5 Å². The number of aromatic hydroxyl groups is 1. The number of carbonyl (C=O) groups excluding carboxylic acids is 1. The van der Waals surface area contributed by atoms with Gasteiger partial charge in [0.15, 0.2) is 6.61 Å². The van der Waals surface area contributed by atoms with Crippen LogP contribution in [-0.4, -0.2) is 58.7 Å². The molecule has 0 atom stereocenters. The molecule has 1 fully saturated rings.